The summed E-state index contributed by atoms with van der Waals surface area (Å²) in [4.78, 5) is 12.4. The number of benzene rings is 1. The maximum atomic E-state index is 12.4. The van der Waals surface area contributed by atoms with Gasteiger partial charge in [-0.2, -0.15) is 0 Å². The van der Waals surface area contributed by atoms with E-state index >= 15 is 0 Å². The Morgan fingerprint density at radius 1 is 1.30 bits per heavy atom. The van der Waals surface area contributed by atoms with E-state index in [0.717, 1.165) is 18.5 Å². The van der Waals surface area contributed by atoms with E-state index in [4.69, 9.17) is 9.15 Å². The van der Waals surface area contributed by atoms with Crippen LogP contribution in [0.25, 0.3) is 0 Å². The molecular weight excluding hydrogens is 292 g/mol. The first kappa shape index (κ1) is 14.3. The molecule has 1 aliphatic heterocycles. The molecule has 2 N–H and O–H groups in total. The number of aryl methyl sites for hydroxylation is 1. The predicted octanol–water partition coefficient (Wildman–Crippen LogP) is 2.86. The Labute approximate surface area is 135 Å². The molecule has 2 aromatic rings. The van der Waals surface area contributed by atoms with Crippen LogP contribution in [-0.4, -0.2) is 24.5 Å². The monoisotopic (exact) mass is 312 g/mol. The second-order valence-corrected chi connectivity index (χ2v) is 6.49. The number of hydrogen-bond acceptors (Lipinski definition) is 4. The third kappa shape index (κ3) is 2.97. The summed E-state index contributed by atoms with van der Waals surface area (Å²) < 4.78 is 10.9. The van der Waals surface area contributed by atoms with Crippen LogP contribution in [0.4, 0.5) is 0 Å². The van der Waals surface area contributed by atoms with Crippen LogP contribution < -0.4 is 15.4 Å². The van der Waals surface area contributed by atoms with Crippen molar-refractivity contribution in [3.63, 3.8) is 0 Å². The fourth-order valence-electron chi connectivity index (χ4n) is 3.51. The number of rotatable bonds is 4. The van der Waals surface area contributed by atoms with E-state index in [2.05, 4.69) is 10.6 Å². The average molecular weight is 312 g/mol. The lowest BCUT2D eigenvalue weighted by Crippen LogP contribution is -2.44. The van der Waals surface area contributed by atoms with Crippen LogP contribution in [0.5, 0.6) is 11.7 Å². The number of furan rings is 1. The van der Waals surface area contributed by atoms with Crippen molar-refractivity contribution in [1.29, 1.82) is 0 Å². The Morgan fingerprint density at radius 2 is 2.13 bits per heavy atom. The molecule has 23 heavy (non-hydrogen) atoms. The van der Waals surface area contributed by atoms with Crippen molar-refractivity contribution < 1.29 is 13.9 Å². The minimum atomic E-state index is -0.0112. The standard InChI is InChI=1S/C18H20N2O3/c1-11-6-17(22-10-11)23-15-4-2-12(3-5-15)18(21)20-16-8-14-7-13(16)9-19-14/h2-6,10,13-14,16,19H,7-9H2,1H3,(H,20,21). The van der Waals surface area contributed by atoms with Gasteiger partial charge in [-0.1, -0.05) is 0 Å². The van der Waals surface area contributed by atoms with E-state index in [1.54, 1.807) is 30.5 Å². The van der Waals surface area contributed by atoms with Gasteiger partial charge in [-0.3, -0.25) is 4.79 Å². The van der Waals surface area contributed by atoms with Gasteiger partial charge in [0.05, 0.1) is 6.26 Å². The molecule has 1 saturated carbocycles. The van der Waals surface area contributed by atoms with E-state index < -0.39 is 0 Å². The van der Waals surface area contributed by atoms with Gasteiger partial charge >= 0.3 is 0 Å². The summed E-state index contributed by atoms with van der Waals surface area (Å²) in [6.07, 6.45) is 3.86. The van der Waals surface area contributed by atoms with E-state index in [-0.39, 0.29) is 5.91 Å². The Bertz CT molecular complexity index is 707. The molecule has 5 heteroatoms. The summed E-state index contributed by atoms with van der Waals surface area (Å²) in [5, 5.41) is 6.62. The molecule has 0 spiro atoms. The summed E-state index contributed by atoms with van der Waals surface area (Å²) in [6.45, 7) is 2.96. The van der Waals surface area contributed by atoms with E-state index in [1.807, 2.05) is 13.0 Å². The number of hydrogen-bond donors (Lipinski definition) is 2. The topological polar surface area (TPSA) is 63.5 Å². The molecule has 0 radical (unpaired) electrons. The third-order valence-corrected chi connectivity index (χ3v) is 4.72. The molecule has 1 aromatic carbocycles. The van der Waals surface area contributed by atoms with Gasteiger partial charge in [0, 0.05) is 30.3 Å². The van der Waals surface area contributed by atoms with Gasteiger partial charge in [0.15, 0.2) is 0 Å². The molecule has 2 bridgehead atoms. The number of ether oxygens (including phenoxy) is 1. The van der Waals surface area contributed by atoms with E-state index in [1.165, 1.54) is 6.42 Å². The van der Waals surface area contributed by atoms with E-state index in [0.29, 0.717) is 35.3 Å². The fourth-order valence-corrected chi connectivity index (χ4v) is 3.51. The summed E-state index contributed by atoms with van der Waals surface area (Å²) in [7, 11) is 0. The minimum Gasteiger partial charge on any atom is -0.434 e. The summed E-state index contributed by atoms with van der Waals surface area (Å²) in [5.74, 6) is 1.67. The number of carbonyl (C=O) groups excluding carboxylic acids is 1. The Hall–Kier alpha value is -2.27. The SMILES string of the molecule is Cc1coc(Oc2ccc(C(=O)NC3CC4CC3CN4)cc2)c1. The zero-order chi connectivity index (χ0) is 15.8. The molecule has 2 aliphatic rings. The summed E-state index contributed by atoms with van der Waals surface area (Å²) >= 11 is 0. The second kappa shape index (κ2) is 5.74. The lowest BCUT2D eigenvalue weighted by atomic mass is 10.0. The van der Waals surface area contributed by atoms with Gasteiger partial charge in [-0.15, -0.1) is 0 Å². The average Bonchev–Trinajstić information content (AvgIpc) is 3.25. The number of piperidine rings is 1. The molecule has 120 valence electrons. The summed E-state index contributed by atoms with van der Waals surface area (Å²) in [5.41, 5.74) is 1.67. The van der Waals surface area contributed by atoms with Crippen molar-refractivity contribution >= 4 is 5.91 Å². The van der Waals surface area contributed by atoms with E-state index in [9.17, 15) is 4.79 Å². The maximum absolute atomic E-state index is 12.4. The molecule has 4 rings (SSSR count). The van der Waals surface area contributed by atoms with Crippen molar-refractivity contribution in [1.82, 2.24) is 10.6 Å². The Kier molecular flexibility index (Phi) is 3.58. The minimum absolute atomic E-state index is 0.0112. The zero-order valence-electron chi connectivity index (χ0n) is 13.0. The molecule has 2 heterocycles. The molecule has 1 aliphatic carbocycles. The van der Waals surface area contributed by atoms with Crippen LogP contribution in [0.3, 0.4) is 0 Å². The first-order valence-corrected chi connectivity index (χ1v) is 8.05. The van der Waals surface area contributed by atoms with Crippen LogP contribution in [0, 0.1) is 12.8 Å². The molecule has 1 saturated heterocycles. The van der Waals surface area contributed by atoms with Crippen LogP contribution in [0.1, 0.15) is 28.8 Å². The Balaban J connectivity index is 1.38. The maximum Gasteiger partial charge on any atom is 0.290 e. The highest BCUT2D eigenvalue weighted by Gasteiger charge is 2.40. The highest BCUT2D eigenvalue weighted by Crippen LogP contribution is 2.31. The van der Waals surface area contributed by atoms with Crippen molar-refractivity contribution in [3.8, 4) is 11.7 Å². The van der Waals surface area contributed by atoms with Gasteiger partial charge in [0.2, 0.25) is 0 Å². The molecule has 3 atom stereocenters. The van der Waals surface area contributed by atoms with Crippen LogP contribution in [0.15, 0.2) is 41.0 Å². The second-order valence-electron chi connectivity index (χ2n) is 6.49. The molecule has 1 aromatic heterocycles. The molecule has 1 amide bonds. The smallest absolute Gasteiger partial charge is 0.290 e. The number of carbonyl (C=O) groups is 1. The highest BCUT2D eigenvalue weighted by atomic mass is 16.6. The Morgan fingerprint density at radius 3 is 2.74 bits per heavy atom. The highest BCUT2D eigenvalue weighted by molar-refractivity contribution is 5.94. The third-order valence-electron chi connectivity index (χ3n) is 4.72. The first-order chi connectivity index (χ1) is 11.2. The molecular formula is C18H20N2O3. The lowest BCUT2D eigenvalue weighted by Gasteiger charge is -2.23. The predicted molar refractivity (Wildman–Crippen MR) is 85.7 cm³/mol. The van der Waals surface area contributed by atoms with Gasteiger partial charge in [-0.05, 0) is 55.5 Å². The fraction of sp³-hybridized carbons (Fsp3) is 0.389. The number of nitrogens with one attached hydrogen (secondary N) is 2. The van der Waals surface area contributed by atoms with Crippen molar-refractivity contribution in [2.24, 2.45) is 5.92 Å². The van der Waals surface area contributed by atoms with Crippen molar-refractivity contribution in [3.05, 3.63) is 47.7 Å². The van der Waals surface area contributed by atoms with Crippen LogP contribution >= 0.6 is 0 Å². The normalized spacial score (nSPS) is 25.5. The van der Waals surface area contributed by atoms with Gasteiger partial charge in [0.1, 0.15) is 5.75 Å². The first-order valence-electron chi connectivity index (χ1n) is 8.05. The quantitative estimate of drug-likeness (QED) is 0.911. The summed E-state index contributed by atoms with van der Waals surface area (Å²) in [6, 6.07) is 9.85. The zero-order valence-corrected chi connectivity index (χ0v) is 13.0. The number of amides is 1. The largest absolute Gasteiger partial charge is 0.434 e. The van der Waals surface area contributed by atoms with Gasteiger partial charge < -0.3 is 19.8 Å². The molecule has 2 fully saturated rings. The van der Waals surface area contributed by atoms with Crippen molar-refractivity contribution in [2.45, 2.75) is 31.8 Å². The van der Waals surface area contributed by atoms with Crippen LogP contribution in [0.2, 0.25) is 0 Å². The molecule has 5 nitrogen and oxygen atoms in total. The lowest BCUT2D eigenvalue weighted by molar-refractivity contribution is 0.0925. The van der Waals surface area contributed by atoms with Gasteiger partial charge in [0.25, 0.3) is 11.9 Å². The molecule has 3 unspecified atom stereocenters. The van der Waals surface area contributed by atoms with Crippen LogP contribution in [-0.2, 0) is 0 Å². The van der Waals surface area contributed by atoms with Crippen molar-refractivity contribution in [2.75, 3.05) is 6.54 Å². The van der Waals surface area contributed by atoms with Gasteiger partial charge in [-0.25, -0.2) is 0 Å². The number of fused-ring (bicyclic) bond motifs is 2.